The zero-order chi connectivity index (χ0) is 15.4. The molecule has 0 N–H and O–H groups in total. The van der Waals surface area contributed by atoms with Crippen molar-refractivity contribution in [2.24, 2.45) is 0 Å². The topological polar surface area (TPSA) is 47.5 Å². The molecule has 4 nitrogen and oxygen atoms in total. The van der Waals surface area contributed by atoms with E-state index in [-0.39, 0.29) is 5.63 Å². The summed E-state index contributed by atoms with van der Waals surface area (Å²) < 4.78 is 7.54. The molecule has 110 valence electrons. The Morgan fingerprint density at radius 1 is 1.09 bits per heavy atom. The Balaban J connectivity index is 1.83. The van der Waals surface area contributed by atoms with Crippen LogP contribution in [0.15, 0.2) is 69.5 Å². The van der Waals surface area contributed by atoms with Gasteiger partial charge in [-0.05, 0) is 11.5 Å². The van der Waals surface area contributed by atoms with Crippen LogP contribution in [-0.2, 0) is 0 Å². The summed E-state index contributed by atoms with van der Waals surface area (Å²) in [5.74, 6) is 0. The van der Waals surface area contributed by atoms with E-state index < -0.39 is 0 Å². The number of hydrogen-bond donors (Lipinski definition) is 0. The molecule has 0 spiro atoms. The van der Waals surface area contributed by atoms with E-state index in [0.717, 1.165) is 21.1 Å². The standard InChI is InChI=1S/C18H10N2O2S/c21-17-14(15-10-20-7-8-23-18(20)19-15)9-12-6-5-11-3-1-2-4-13(11)16(12)22-17/h1-10H. The number of fused-ring (bicyclic) bond motifs is 4. The van der Waals surface area contributed by atoms with Crippen LogP contribution < -0.4 is 5.63 Å². The van der Waals surface area contributed by atoms with Crippen LogP contribution in [0, 0.1) is 0 Å². The molecule has 0 aliphatic rings. The number of aromatic nitrogens is 2. The Labute approximate surface area is 134 Å². The summed E-state index contributed by atoms with van der Waals surface area (Å²) in [4.78, 5) is 17.8. The molecule has 5 aromatic rings. The SMILES string of the molecule is O=c1oc2c(ccc3ccccc32)cc1-c1cn2ccsc2n1. The summed E-state index contributed by atoms with van der Waals surface area (Å²) in [6.45, 7) is 0. The van der Waals surface area contributed by atoms with Crippen molar-refractivity contribution >= 4 is 38.0 Å². The van der Waals surface area contributed by atoms with Crippen molar-refractivity contribution < 1.29 is 4.42 Å². The first-order valence-corrected chi connectivity index (χ1v) is 8.06. The molecule has 0 unspecified atom stereocenters. The zero-order valence-electron chi connectivity index (χ0n) is 11.9. The molecule has 0 saturated heterocycles. The van der Waals surface area contributed by atoms with Gasteiger partial charge in [0.05, 0.1) is 11.3 Å². The molecule has 0 saturated carbocycles. The summed E-state index contributed by atoms with van der Waals surface area (Å²) in [6, 6.07) is 13.8. The number of rotatable bonds is 1. The van der Waals surface area contributed by atoms with Crippen molar-refractivity contribution in [2.75, 3.05) is 0 Å². The summed E-state index contributed by atoms with van der Waals surface area (Å²) in [5.41, 5.74) is 1.39. The van der Waals surface area contributed by atoms with Crippen molar-refractivity contribution in [3.63, 3.8) is 0 Å². The van der Waals surface area contributed by atoms with Crippen LogP contribution >= 0.6 is 11.3 Å². The molecule has 0 radical (unpaired) electrons. The zero-order valence-corrected chi connectivity index (χ0v) is 12.7. The van der Waals surface area contributed by atoms with Crippen molar-refractivity contribution in [1.82, 2.24) is 9.38 Å². The first-order valence-electron chi connectivity index (χ1n) is 7.18. The van der Waals surface area contributed by atoms with Crippen molar-refractivity contribution in [2.45, 2.75) is 0 Å². The summed E-state index contributed by atoms with van der Waals surface area (Å²) >= 11 is 1.53. The number of hydrogen-bond acceptors (Lipinski definition) is 4. The molecule has 3 heterocycles. The van der Waals surface area contributed by atoms with Crippen LogP contribution in [-0.4, -0.2) is 9.38 Å². The van der Waals surface area contributed by atoms with E-state index >= 15 is 0 Å². The molecule has 2 aromatic carbocycles. The van der Waals surface area contributed by atoms with Gasteiger partial charge >= 0.3 is 5.63 Å². The van der Waals surface area contributed by atoms with Crippen LogP contribution in [0.1, 0.15) is 0 Å². The van der Waals surface area contributed by atoms with E-state index in [1.54, 1.807) is 0 Å². The highest BCUT2D eigenvalue weighted by Crippen LogP contribution is 2.27. The highest BCUT2D eigenvalue weighted by Gasteiger charge is 2.13. The third-order valence-corrected chi connectivity index (χ3v) is 4.76. The third-order valence-electron chi connectivity index (χ3n) is 3.99. The molecule has 0 aliphatic heterocycles. The number of imidazole rings is 1. The van der Waals surface area contributed by atoms with Gasteiger partial charge < -0.3 is 4.42 Å². The van der Waals surface area contributed by atoms with Gasteiger partial charge in [-0.1, -0.05) is 36.4 Å². The Morgan fingerprint density at radius 3 is 2.87 bits per heavy atom. The minimum atomic E-state index is -0.361. The molecule has 23 heavy (non-hydrogen) atoms. The fourth-order valence-corrected chi connectivity index (χ4v) is 3.59. The van der Waals surface area contributed by atoms with Crippen LogP contribution in [0.25, 0.3) is 38.0 Å². The average molecular weight is 318 g/mol. The monoisotopic (exact) mass is 318 g/mol. The third kappa shape index (κ3) is 1.83. The smallest absolute Gasteiger partial charge is 0.345 e. The van der Waals surface area contributed by atoms with E-state index in [1.165, 1.54) is 11.3 Å². The van der Waals surface area contributed by atoms with E-state index in [4.69, 9.17) is 4.42 Å². The molecular formula is C18H10N2O2S. The second-order valence-corrected chi connectivity index (χ2v) is 6.24. The van der Waals surface area contributed by atoms with Gasteiger partial charge in [0, 0.05) is 28.5 Å². The molecular weight excluding hydrogens is 308 g/mol. The van der Waals surface area contributed by atoms with Crippen molar-refractivity contribution in [3.05, 3.63) is 70.7 Å². The van der Waals surface area contributed by atoms with Gasteiger partial charge in [-0.15, -0.1) is 11.3 Å². The molecule has 5 rings (SSSR count). The lowest BCUT2D eigenvalue weighted by Gasteiger charge is -2.03. The molecule has 5 heteroatoms. The van der Waals surface area contributed by atoms with Gasteiger partial charge in [-0.2, -0.15) is 0 Å². The second-order valence-electron chi connectivity index (χ2n) is 5.37. The fourth-order valence-electron chi connectivity index (χ4n) is 2.89. The minimum absolute atomic E-state index is 0.361. The molecule has 0 bridgehead atoms. The Bertz CT molecular complexity index is 1220. The fraction of sp³-hybridized carbons (Fsp3) is 0. The quantitative estimate of drug-likeness (QED) is 0.341. The molecule has 0 aliphatic carbocycles. The molecule has 0 fully saturated rings. The maximum absolute atomic E-state index is 12.5. The normalized spacial score (nSPS) is 11.7. The maximum Gasteiger partial charge on any atom is 0.345 e. The molecule has 0 amide bonds. The molecule has 3 aromatic heterocycles. The highest BCUT2D eigenvalue weighted by atomic mass is 32.1. The Hall–Kier alpha value is -2.92. The first kappa shape index (κ1) is 12.6. The number of thiazole rings is 1. The number of benzene rings is 2. The van der Waals surface area contributed by atoms with Crippen LogP contribution in [0.5, 0.6) is 0 Å². The molecule has 0 atom stereocenters. The lowest BCUT2D eigenvalue weighted by atomic mass is 10.1. The highest BCUT2D eigenvalue weighted by molar-refractivity contribution is 7.15. The van der Waals surface area contributed by atoms with Gasteiger partial charge in [0.15, 0.2) is 4.96 Å². The van der Waals surface area contributed by atoms with Gasteiger partial charge in [-0.25, -0.2) is 9.78 Å². The van der Waals surface area contributed by atoms with E-state index in [9.17, 15) is 4.79 Å². The van der Waals surface area contributed by atoms with E-state index in [1.807, 2.05) is 64.6 Å². The summed E-state index contributed by atoms with van der Waals surface area (Å²) in [5, 5.41) is 4.86. The van der Waals surface area contributed by atoms with Crippen molar-refractivity contribution in [3.8, 4) is 11.3 Å². The lowest BCUT2D eigenvalue weighted by molar-refractivity contribution is 0.566. The minimum Gasteiger partial charge on any atom is -0.422 e. The lowest BCUT2D eigenvalue weighted by Crippen LogP contribution is -2.03. The van der Waals surface area contributed by atoms with Crippen LogP contribution in [0.2, 0.25) is 0 Å². The van der Waals surface area contributed by atoms with Crippen LogP contribution in [0.4, 0.5) is 0 Å². The number of nitrogens with zero attached hydrogens (tertiary/aromatic N) is 2. The maximum atomic E-state index is 12.5. The predicted octanol–water partition coefficient (Wildman–Crippen LogP) is 4.32. The summed E-state index contributed by atoms with van der Waals surface area (Å²) in [6.07, 6.45) is 3.78. The first-order chi connectivity index (χ1) is 11.3. The second kappa shape index (κ2) is 4.54. The average Bonchev–Trinajstić information content (AvgIpc) is 3.16. The van der Waals surface area contributed by atoms with Gasteiger partial charge in [-0.3, -0.25) is 4.40 Å². The predicted molar refractivity (Wildman–Crippen MR) is 92.1 cm³/mol. The van der Waals surface area contributed by atoms with Crippen LogP contribution in [0.3, 0.4) is 0 Å². The van der Waals surface area contributed by atoms with Gasteiger partial charge in [0.25, 0.3) is 0 Å². The summed E-state index contributed by atoms with van der Waals surface area (Å²) in [7, 11) is 0. The van der Waals surface area contributed by atoms with Gasteiger partial charge in [0.2, 0.25) is 0 Å². The van der Waals surface area contributed by atoms with E-state index in [2.05, 4.69) is 4.98 Å². The largest absolute Gasteiger partial charge is 0.422 e. The van der Waals surface area contributed by atoms with E-state index in [0.29, 0.717) is 16.8 Å². The van der Waals surface area contributed by atoms with Gasteiger partial charge in [0.1, 0.15) is 5.58 Å². The Kier molecular flexibility index (Phi) is 2.49. The van der Waals surface area contributed by atoms with Crippen molar-refractivity contribution in [1.29, 1.82) is 0 Å². The Morgan fingerprint density at radius 2 is 1.96 bits per heavy atom.